The van der Waals surface area contributed by atoms with Gasteiger partial charge in [-0.25, -0.2) is 17.8 Å². The Bertz CT molecular complexity index is 1480. The summed E-state index contributed by atoms with van der Waals surface area (Å²) in [6.07, 6.45) is 4.38. The van der Waals surface area contributed by atoms with Gasteiger partial charge in [-0.1, -0.05) is 0 Å². The molecule has 4 aromatic rings. The molecular formula is C21H21FN6O3S. The number of sulfonamides is 1. The van der Waals surface area contributed by atoms with Gasteiger partial charge >= 0.3 is 0 Å². The molecule has 0 amide bonds. The van der Waals surface area contributed by atoms with Crippen LogP contribution in [0.25, 0.3) is 22.0 Å². The number of fused-ring (bicyclic) bond motifs is 1. The van der Waals surface area contributed by atoms with Crippen molar-refractivity contribution in [1.82, 2.24) is 19.3 Å². The maximum absolute atomic E-state index is 13.3. The topological polar surface area (TPSA) is 111 Å². The molecule has 166 valence electrons. The Morgan fingerprint density at radius 2 is 1.88 bits per heavy atom. The van der Waals surface area contributed by atoms with Crippen molar-refractivity contribution in [1.29, 1.82) is 0 Å². The number of hydrogen-bond acceptors (Lipinski definition) is 6. The number of benzene rings is 1. The number of hydrogen-bond donors (Lipinski definition) is 2. The van der Waals surface area contributed by atoms with Gasteiger partial charge in [0.05, 0.1) is 17.3 Å². The van der Waals surface area contributed by atoms with E-state index in [2.05, 4.69) is 20.1 Å². The van der Waals surface area contributed by atoms with Crippen LogP contribution in [-0.4, -0.2) is 33.5 Å². The third-order valence-corrected chi connectivity index (χ3v) is 6.22. The number of anilines is 3. The lowest BCUT2D eigenvalue weighted by atomic mass is 10.0. The van der Waals surface area contributed by atoms with Crippen molar-refractivity contribution >= 4 is 38.1 Å². The minimum Gasteiger partial charge on any atom is -0.340 e. The molecule has 0 bridgehead atoms. The van der Waals surface area contributed by atoms with Gasteiger partial charge < -0.3 is 9.88 Å². The summed E-state index contributed by atoms with van der Waals surface area (Å²) in [4.78, 5) is 16.6. The van der Waals surface area contributed by atoms with E-state index in [0.717, 1.165) is 6.20 Å². The fraction of sp³-hybridized carbons (Fsp3) is 0.190. The highest BCUT2D eigenvalue weighted by molar-refractivity contribution is 7.92. The van der Waals surface area contributed by atoms with Crippen LogP contribution in [-0.2, 0) is 24.1 Å². The van der Waals surface area contributed by atoms with Gasteiger partial charge in [-0.2, -0.15) is 5.10 Å². The number of rotatable bonds is 6. The van der Waals surface area contributed by atoms with Crippen LogP contribution in [0.5, 0.6) is 0 Å². The zero-order chi connectivity index (χ0) is 23.0. The third-order valence-electron chi connectivity index (χ3n) is 4.91. The van der Waals surface area contributed by atoms with Crippen LogP contribution in [0, 0.1) is 5.82 Å². The van der Waals surface area contributed by atoms with Crippen LogP contribution in [0.3, 0.4) is 0 Å². The molecule has 2 N–H and O–H groups in total. The molecule has 1 aromatic carbocycles. The van der Waals surface area contributed by atoms with E-state index in [4.69, 9.17) is 0 Å². The average Bonchev–Trinajstić information content (AvgIpc) is 3.15. The number of halogens is 1. The Balaban J connectivity index is 1.93. The SMILES string of the molecule is CCS(=O)(=O)Nc1ccc(Nc2ccc(F)cn2)c(-c2cn(C)c(=O)c3cn(C)nc23)c1. The minimum absolute atomic E-state index is 0.0772. The first-order chi connectivity index (χ1) is 15.2. The smallest absolute Gasteiger partial charge is 0.261 e. The van der Waals surface area contributed by atoms with Crippen molar-refractivity contribution < 1.29 is 12.8 Å². The predicted octanol–water partition coefficient (Wildman–Crippen LogP) is 2.98. The summed E-state index contributed by atoms with van der Waals surface area (Å²) < 4.78 is 43.0. The Hall–Kier alpha value is -3.73. The maximum Gasteiger partial charge on any atom is 0.261 e. The molecule has 0 saturated carbocycles. The van der Waals surface area contributed by atoms with Gasteiger partial charge in [-0.3, -0.25) is 14.2 Å². The van der Waals surface area contributed by atoms with Crippen molar-refractivity contribution in [3.8, 4) is 11.1 Å². The molecule has 9 nitrogen and oxygen atoms in total. The summed E-state index contributed by atoms with van der Waals surface area (Å²) in [5.41, 5.74) is 2.42. The molecule has 0 spiro atoms. The lowest BCUT2D eigenvalue weighted by Gasteiger charge is -2.16. The molecule has 3 aromatic heterocycles. The van der Waals surface area contributed by atoms with E-state index >= 15 is 0 Å². The summed E-state index contributed by atoms with van der Waals surface area (Å²) in [6.45, 7) is 1.55. The number of pyridine rings is 2. The third kappa shape index (κ3) is 4.19. The first-order valence-corrected chi connectivity index (χ1v) is 11.4. The first kappa shape index (κ1) is 21.5. The standard InChI is InChI=1S/C21H21FN6O3S/c1-4-32(30,31)26-14-6-7-18(24-19-8-5-13(22)10-23-19)15(9-14)16-11-27(2)21(29)17-12-28(3)25-20(16)17/h5-12,26H,4H2,1-3H3,(H,23,24). The molecule has 0 radical (unpaired) electrons. The molecule has 0 fully saturated rings. The fourth-order valence-corrected chi connectivity index (χ4v) is 3.95. The number of aromatic nitrogens is 4. The normalized spacial score (nSPS) is 11.6. The van der Waals surface area contributed by atoms with E-state index in [0.29, 0.717) is 39.2 Å². The van der Waals surface area contributed by atoms with Gasteiger partial charge in [-0.05, 0) is 37.3 Å². The van der Waals surface area contributed by atoms with Crippen LogP contribution in [0.2, 0.25) is 0 Å². The van der Waals surface area contributed by atoms with E-state index in [1.165, 1.54) is 16.7 Å². The predicted molar refractivity (Wildman–Crippen MR) is 122 cm³/mol. The molecule has 0 atom stereocenters. The quantitative estimate of drug-likeness (QED) is 0.462. The second kappa shape index (κ2) is 8.08. The average molecular weight is 457 g/mol. The molecule has 4 rings (SSSR count). The lowest BCUT2D eigenvalue weighted by molar-refractivity contribution is 0.602. The zero-order valence-corrected chi connectivity index (χ0v) is 18.4. The summed E-state index contributed by atoms with van der Waals surface area (Å²) in [5, 5.41) is 8.00. The highest BCUT2D eigenvalue weighted by atomic mass is 32.2. The number of nitrogens with zero attached hydrogens (tertiary/aromatic N) is 4. The van der Waals surface area contributed by atoms with Crippen LogP contribution >= 0.6 is 0 Å². The van der Waals surface area contributed by atoms with E-state index in [-0.39, 0.29) is 11.3 Å². The molecule has 0 aliphatic heterocycles. The molecule has 3 heterocycles. The Labute approximate surface area is 183 Å². The van der Waals surface area contributed by atoms with Gasteiger partial charge in [0.25, 0.3) is 5.56 Å². The monoisotopic (exact) mass is 456 g/mol. The van der Waals surface area contributed by atoms with Crippen LogP contribution in [0.4, 0.5) is 21.6 Å². The molecule has 0 aliphatic rings. The Kier molecular flexibility index (Phi) is 5.43. The van der Waals surface area contributed by atoms with Crippen LogP contribution in [0.15, 0.2) is 53.7 Å². The summed E-state index contributed by atoms with van der Waals surface area (Å²) in [5.74, 6) is -0.142. The second-order valence-corrected chi connectivity index (χ2v) is 9.29. The van der Waals surface area contributed by atoms with Gasteiger partial charge in [0.1, 0.15) is 17.2 Å². The van der Waals surface area contributed by atoms with Crippen molar-refractivity contribution in [3.05, 3.63) is 65.1 Å². The number of aryl methyl sites for hydroxylation is 2. The lowest BCUT2D eigenvalue weighted by Crippen LogP contribution is -2.16. The van der Waals surface area contributed by atoms with E-state index < -0.39 is 15.8 Å². The number of nitrogens with one attached hydrogen (secondary N) is 2. The highest BCUT2D eigenvalue weighted by Crippen LogP contribution is 2.35. The fourth-order valence-electron chi connectivity index (χ4n) is 3.32. The van der Waals surface area contributed by atoms with Gasteiger partial charge in [0, 0.05) is 49.0 Å². The van der Waals surface area contributed by atoms with E-state index in [9.17, 15) is 17.6 Å². The van der Waals surface area contributed by atoms with Gasteiger partial charge in [0.15, 0.2) is 0 Å². The minimum atomic E-state index is -3.50. The van der Waals surface area contributed by atoms with E-state index in [1.807, 2.05) is 0 Å². The molecule has 32 heavy (non-hydrogen) atoms. The second-order valence-electron chi connectivity index (χ2n) is 7.28. The highest BCUT2D eigenvalue weighted by Gasteiger charge is 2.17. The molecule has 0 unspecified atom stereocenters. The molecule has 0 aliphatic carbocycles. The maximum atomic E-state index is 13.3. The summed E-state index contributed by atoms with van der Waals surface area (Å²) >= 11 is 0. The van der Waals surface area contributed by atoms with Crippen molar-refractivity contribution in [2.45, 2.75) is 6.92 Å². The van der Waals surface area contributed by atoms with Gasteiger partial charge in [0.2, 0.25) is 10.0 Å². The van der Waals surface area contributed by atoms with Gasteiger partial charge in [-0.15, -0.1) is 0 Å². The van der Waals surface area contributed by atoms with Crippen molar-refractivity contribution in [2.75, 3.05) is 15.8 Å². The Morgan fingerprint density at radius 1 is 1.09 bits per heavy atom. The first-order valence-electron chi connectivity index (χ1n) is 9.73. The summed E-state index contributed by atoms with van der Waals surface area (Å²) in [6, 6.07) is 7.73. The van der Waals surface area contributed by atoms with Crippen molar-refractivity contribution in [3.63, 3.8) is 0 Å². The largest absolute Gasteiger partial charge is 0.340 e. The summed E-state index contributed by atoms with van der Waals surface area (Å²) in [7, 11) is -0.146. The zero-order valence-electron chi connectivity index (χ0n) is 17.6. The molecule has 0 saturated heterocycles. The molecule has 11 heteroatoms. The van der Waals surface area contributed by atoms with Crippen LogP contribution in [0.1, 0.15) is 6.92 Å². The van der Waals surface area contributed by atoms with Crippen molar-refractivity contribution in [2.24, 2.45) is 14.1 Å². The van der Waals surface area contributed by atoms with Crippen LogP contribution < -0.4 is 15.6 Å². The Morgan fingerprint density at radius 3 is 2.56 bits per heavy atom. The molecular weight excluding hydrogens is 435 g/mol. The van der Waals surface area contributed by atoms with E-state index in [1.54, 1.807) is 56.3 Å².